The van der Waals surface area contributed by atoms with Gasteiger partial charge in [-0.05, 0) is 43.1 Å². The number of aryl methyl sites for hydroxylation is 1. The van der Waals surface area contributed by atoms with Crippen molar-refractivity contribution in [2.24, 2.45) is 5.92 Å². The Morgan fingerprint density at radius 1 is 1.14 bits per heavy atom. The molecule has 0 unspecified atom stereocenters. The molecule has 0 spiro atoms. The van der Waals surface area contributed by atoms with E-state index in [0.717, 1.165) is 25.4 Å². The van der Waals surface area contributed by atoms with Crippen LogP contribution < -0.4 is 10.2 Å². The molecule has 114 valence electrons. The van der Waals surface area contributed by atoms with Crippen molar-refractivity contribution in [3.05, 3.63) is 53.5 Å². The molecule has 0 radical (unpaired) electrons. The average Bonchev–Trinajstić information content (AvgIpc) is 2.84. The molecule has 2 aromatic rings. The minimum atomic E-state index is 0.689. The summed E-state index contributed by atoms with van der Waals surface area (Å²) < 4.78 is 5.35. The standard InChI is InChI=1S/C18H26N2O/c1-14(2)11-19-12-16-5-7-18(8-6-16)20(4)13-17-9-10-21-15(17)3/h5-10,14,19H,11-13H2,1-4H3. The fourth-order valence-electron chi connectivity index (χ4n) is 2.30. The van der Waals surface area contributed by atoms with Crippen LogP contribution in [0.5, 0.6) is 0 Å². The first-order valence-corrected chi connectivity index (χ1v) is 7.60. The largest absolute Gasteiger partial charge is 0.469 e. The van der Waals surface area contributed by atoms with Crippen molar-refractivity contribution in [3.8, 4) is 0 Å². The lowest BCUT2D eigenvalue weighted by Crippen LogP contribution is -2.19. The molecule has 0 saturated heterocycles. The number of nitrogens with one attached hydrogen (secondary N) is 1. The van der Waals surface area contributed by atoms with Gasteiger partial charge in [0.1, 0.15) is 5.76 Å². The third kappa shape index (κ3) is 4.64. The minimum Gasteiger partial charge on any atom is -0.469 e. The van der Waals surface area contributed by atoms with E-state index in [4.69, 9.17) is 4.42 Å². The smallest absolute Gasteiger partial charge is 0.105 e. The van der Waals surface area contributed by atoms with Gasteiger partial charge in [-0.3, -0.25) is 0 Å². The maximum Gasteiger partial charge on any atom is 0.105 e. The summed E-state index contributed by atoms with van der Waals surface area (Å²) in [4.78, 5) is 2.24. The lowest BCUT2D eigenvalue weighted by Gasteiger charge is -2.19. The van der Waals surface area contributed by atoms with Crippen LogP contribution in [0.25, 0.3) is 0 Å². The fraction of sp³-hybridized carbons (Fsp3) is 0.444. The van der Waals surface area contributed by atoms with Gasteiger partial charge in [0.2, 0.25) is 0 Å². The minimum absolute atomic E-state index is 0.689. The van der Waals surface area contributed by atoms with Gasteiger partial charge >= 0.3 is 0 Å². The summed E-state index contributed by atoms with van der Waals surface area (Å²) in [6.45, 7) is 9.32. The van der Waals surface area contributed by atoms with Crippen molar-refractivity contribution >= 4 is 5.69 Å². The van der Waals surface area contributed by atoms with Gasteiger partial charge in [0.25, 0.3) is 0 Å². The van der Waals surface area contributed by atoms with Gasteiger partial charge in [-0.1, -0.05) is 26.0 Å². The van der Waals surface area contributed by atoms with Crippen LogP contribution in [-0.4, -0.2) is 13.6 Å². The molecule has 0 aliphatic rings. The SMILES string of the molecule is Cc1occc1CN(C)c1ccc(CNCC(C)C)cc1. The third-order valence-electron chi connectivity index (χ3n) is 3.63. The highest BCUT2D eigenvalue weighted by Crippen LogP contribution is 2.18. The zero-order valence-electron chi connectivity index (χ0n) is 13.5. The monoisotopic (exact) mass is 286 g/mol. The number of benzene rings is 1. The van der Waals surface area contributed by atoms with Crippen LogP contribution in [0.2, 0.25) is 0 Å². The molecule has 1 N–H and O–H groups in total. The molecule has 0 amide bonds. The predicted molar refractivity (Wildman–Crippen MR) is 88.5 cm³/mol. The normalized spacial score (nSPS) is 11.1. The molecular formula is C18H26N2O. The van der Waals surface area contributed by atoms with Crippen molar-refractivity contribution in [2.75, 3.05) is 18.5 Å². The van der Waals surface area contributed by atoms with E-state index in [1.54, 1.807) is 6.26 Å². The molecule has 3 heteroatoms. The van der Waals surface area contributed by atoms with Gasteiger partial charge < -0.3 is 14.6 Å². The Morgan fingerprint density at radius 2 is 1.86 bits per heavy atom. The highest BCUT2D eigenvalue weighted by Gasteiger charge is 2.06. The van der Waals surface area contributed by atoms with E-state index in [1.165, 1.54) is 16.8 Å². The molecular weight excluding hydrogens is 260 g/mol. The maximum absolute atomic E-state index is 5.35. The third-order valence-corrected chi connectivity index (χ3v) is 3.63. The van der Waals surface area contributed by atoms with Gasteiger partial charge in [0.05, 0.1) is 6.26 Å². The van der Waals surface area contributed by atoms with Gasteiger partial charge in [0, 0.05) is 31.4 Å². The lowest BCUT2D eigenvalue weighted by atomic mass is 10.1. The number of rotatable bonds is 7. The van der Waals surface area contributed by atoms with E-state index in [2.05, 4.69) is 55.4 Å². The number of nitrogens with zero attached hydrogens (tertiary/aromatic N) is 1. The highest BCUT2D eigenvalue weighted by molar-refractivity contribution is 5.47. The summed E-state index contributed by atoms with van der Waals surface area (Å²) in [7, 11) is 2.11. The summed E-state index contributed by atoms with van der Waals surface area (Å²) in [5.74, 6) is 1.69. The first-order valence-electron chi connectivity index (χ1n) is 7.60. The van der Waals surface area contributed by atoms with Crippen molar-refractivity contribution in [2.45, 2.75) is 33.9 Å². The van der Waals surface area contributed by atoms with E-state index in [9.17, 15) is 0 Å². The molecule has 1 aromatic heterocycles. The second-order valence-electron chi connectivity index (χ2n) is 6.05. The van der Waals surface area contributed by atoms with Crippen LogP contribution >= 0.6 is 0 Å². The van der Waals surface area contributed by atoms with Crippen molar-refractivity contribution in [3.63, 3.8) is 0 Å². The molecule has 0 aliphatic carbocycles. The van der Waals surface area contributed by atoms with Crippen LogP contribution in [0, 0.1) is 12.8 Å². The quantitative estimate of drug-likeness (QED) is 0.835. The van der Waals surface area contributed by atoms with Crippen molar-refractivity contribution in [1.82, 2.24) is 5.32 Å². The number of anilines is 1. The Kier molecular flexibility index (Phi) is 5.45. The Balaban J connectivity index is 1.90. The summed E-state index contributed by atoms with van der Waals surface area (Å²) >= 11 is 0. The van der Waals surface area contributed by atoms with Crippen LogP contribution in [0.4, 0.5) is 5.69 Å². The second kappa shape index (κ2) is 7.32. The average molecular weight is 286 g/mol. The number of hydrogen-bond donors (Lipinski definition) is 1. The molecule has 0 atom stereocenters. The summed E-state index contributed by atoms with van der Waals surface area (Å²) in [6, 6.07) is 10.8. The van der Waals surface area contributed by atoms with Crippen molar-refractivity contribution < 1.29 is 4.42 Å². The number of hydrogen-bond acceptors (Lipinski definition) is 3. The number of furan rings is 1. The van der Waals surface area contributed by atoms with Gasteiger partial charge in [-0.2, -0.15) is 0 Å². The van der Waals surface area contributed by atoms with Crippen LogP contribution in [0.3, 0.4) is 0 Å². The first-order chi connectivity index (χ1) is 10.1. The molecule has 1 aromatic carbocycles. The van der Waals surface area contributed by atoms with Gasteiger partial charge in [-0.25, -0.2) is 0 Å². The van der Waals surface area contributed by atoms with Gasteiger partial charge in [0.15, 0.2) is 0 Å². The Morgan fingerprint density at radius 3 is 2.43 bits per heavy atom. The summed E-state index contributed by atoms with van der Waals surface area (Å²) in [5, 5.41) is 3.47. The maximum atomic E-state index is 5.35. The van der Waals surface area contributed by atoms with Crippen LogP contribution in [0.1, 0.15) is 30.7 Å². The van der Waals surface area contributed by atoms with Crippen molar-refractivity contribution in [1.29, 1.82) is 0 Å². The molecule has 0 aliphatic heterocycles. The Bertz CT molecular complexity index is 543. The van der Waals surface area contributed by atoms with Gasteiger partial charge in [-0.15, -0.1) is 0 Å². The Labute approximate surface area is 128 Å². The van der Waals surface area contributed by atoms with E-state index in [-0.39, 0.29) is 0 Å². The van der Waals surface area contributed by atoms with Crippen LogP contribution in [-0.2, 0) is 13.1 Å². The predicted octanol–water partition coefficient (Wildman–Crippen LogP) is 3.97. The van der Waals surface area contributed by atoms with E-state index in [0.29, 0.717) is 5.92 Å². The molecule has 2 rings (SSSR count). The molecule has 0 fully saturated rings. The summed E-state index contributed by atoms with van der Waals surface area (Å²) in [5.41, 5.74) is 3.79. The highest BCUT2D eigenvalue weighted by atomic mass is 16.3. The summed E-state index contributed by atoms with van der Waals surface area (Å²) in [6.07, 6.45) is 1.75. The second-order valence-corrected chi connectivity index (χ2v) is 6.05. The molecule has 0 saturated carbocycles. The topological polar surface area (TPSA) is 28.4 Å². The van der Waals surface area contributed by atoms with E-state index >= 15 is 0 Å². The fourth-order valence-corrected chi connectivity index (χ4v) is 2.30. The molecule has 3 nitrogen and oxygen atoms in total. The van der Waals surface area contributed by atoms with E-state index in [1.807, 2.05) is 13.0 Å². The first kappa shape index (κ1) is 15.6. The lowest BCUT2D eigenvalue weighted by molar-refractivity contribution is 0.529. The molecule has 0 bridgehead atoms. The van der Waals surface area contributed by atoms with Crippen LogP contribution in [0.15, 0.2) is 41.0 Å². The zero-order valence-corrected chi connectivity index (χ0v) is 13.5. The zero-order chi connectivity index (χ0) is 15.2. The molecule has 21 heavy (non-hydrogen) atoms. The molecule has 1 heterocycles. The Hall–Kier alpha value is -1.74. The van der Waals surface area contributed by atoms with E-state index < -0.39 is 0 Å².